The molecule has 0 spiro atoms. The zero-order valence-corrected chi connectivity index (χ0v) is 11.6. The molecule has 0 unspecified atom stereocenters. The van der Waals surface area contributed by atoms with Gasteiger partial charge in [-0.2, -0.15) is 0 Å². The smallest absolute Gasteiger partial charge is 0.468 e. The molecule has 4 nitrogen and oxygen atoms in total. The highest BCUT2D eigenvalue weighted by molar-refractivity contribution is 6.58. The molecule has 0 saturated heterocycles. The van der Waals surface area contributed by atoms with Gasteiger partial charge in [0.05, 0.1) is 12.8 Å². The van der Waals surface area contributed by atoms with Crippen LogP contribution in [0.1, 0.15) is 24.2 Å². The van der Waals surface area contributed by atoms with Crippen molar-refractivity contribution in [1.29, 1.82) is 0 Å². The average Bonchev–Trinajstić information content (AvgIpc) is 3.18. The predicted octanol–water partition coefficient (Wildman–Crippen LogP) is 1.26. The third kappa shape index (κ3) is 3.53. The molecule has 1 aliphatic rings. The van der Waals surface area contributed by atoms with E-state index in [4.69, 9.17) is 14.5 Å². The van der Waals surface area contributed by atoms with Crippen molar-refractivity contribution < 1.29 is 18.9 Å². The van der Waals surface area contributed by atoms with Crippen molar-refractivity contribution in [3.8, 4) is 0 Å². The largest absolute Gasteiger partial charge is 0.488 e. The Labute approximate surface area is 123 Å². The van der Waals surface area contributed by atoms with Crippen LogP contribution in [0, 0.1) is 5.82 Å². The van der Waals surface area contributed by atoms with E-state index in [0.717, 1.165) is 18.6 Å². The molecule has 2 aromatic rings. The summed E-state index contributed by atoms with van der Waals surface area (Å²) < 4.78 is 19.4. The first-order chi connectivity index (χ1) is 10.1. The first-order valence-corrected chi connectivity index (χ1v) is 7.04. The molecule has 1 aromatic carbocycles. The van der Waals surface area contributed by atoms with Crippen LogP contribution in [-0.2, 0) is 13.1 Å². The van der Waals surface area contributed by atoms with Gasteiger partial charge < -0.3 is 14.5 Å². The highest BCUT2D eigenvalue weighted by Gasteiger charge is 2.30. The Kier molecular flexibility index (Phi) is 4.10. The topological polar surface area (TPSA) is 56.8 Å². The Hall–Kier alpha value is -1.63. The first-order valence-electron chi connectivity index (χ1n) is 7.04. The molecule has 0 aliphatic heterocycles. The van der Waals surface area contributed by atoms with Gasteiger partial charge in [-0.25, -0.2) is 4.39 Å². The Bertz CT molecular complexity index is 599. The summed E-state index contributed by atoms with van der Waals surface area (Å²) in [6.07, 6.45) is 3.88. The molecule has 0 atom stereocenters. The highest BCUT2D eigenvalue weighted by atomic mass is 19.1. The van der Waals surface area contributed by atoms with Crippen LogP contribution in [-0.4, -0.2) is 28.1 Å². The Balaban J connectivity index is 1.73. The van der Waals surface area contributed by atoms with Crippen LogP contribution in [0.5, 0.6) is 0 Å². The van der Waals surface area contributed by atoms with E-state index in [-0.39, 0.29) is 5.46 Å². The third-order valence-corrected chi connectivity index (χ3v) is 3.75. The second-order valence-electron chi connectivity index (χ2n) is 5.44. The van der Waals surface area contributed by atoms with E-state index in [0.29, 0.717) is 24.7 Å². The molecule has 0 radical (unpaired) electrons. The minimum atomic E-state index is -1.64. The van der Waals surface area contributed by atoms with Crippen LogP contribution in [0.2, 0.25) is 0 Å². The van der Waals surface area contributed by atoms with E-state index in [2.05, 4.69) is 4.90 Å². The van der Waals surface area contributed by atoms with Gasteiger partial charge in [-0.15, -0.1) is 0 Å². The highest BCUT2D eigenvalue weighted by Crippen LogP contribution is 2.30. The van der Waals surface area contributed by atoms with E-state index in [1.807, 2.05) is 12.1 Å². The molecule has 1 heterocycles. The van der Waals surface area contributed by atoms with E-state index < -0.39 is 12.9 Å². The maximum atomic E-state index is 14.1. The lowest BCUT2D eigenvalue weighted by atomic mass is 9.80. The van der Waals surface area contributed by atoms with Gasteiger partial charge >= 0.3 is 7.12 Å². The Morgan fingerprint density at radius 2 is 2.05 bits per heavy atom. The van der Waals surface area contributed by atoms with Crippen LogP contribution in [0.4, 0.5) is 4.39 Å². The van der Waals surface area contributed by atoms with Crippen molar-refractivity contribution in [2.24, 2.45) is 0 Å². The van der Waals surface area contributed by atoms with Crippen LogP contribution in [0.25, 0.3) is 0 Å². The molecule has 1 saturated carbocycles. The van der Waals surface area contributed by atoms with Crippen molar-refractivity contribution in [2.45, 2.75) is 32.0 Å². The second kappa shape index (κ2) is 6.01. The van der Waals surface area contributed by atoms with E-state index in [1.165, 1.54) is 6.07 Å². The van der Waals surface area contributed by atoms with Crippen molar-refractivity contribution in [3.63, 3.8) is 0 Å². The van der Waals surface area contributed by atoms with Crippen molar-refractivity contribution >= 4 is 12.6 Å². The average molecular weight is 289 g/mol. The van der Waals surface area contributed by atoms with E-state index in [9.17, 15) is 4.39 Å². The molecular formula is C15H17BFNO3. The molecule has 3 rings (SSSR count). The number of halogens is 1. The fourth-order valence-corrected chi connectivity index (χ4v) is 2.43. The van der Waals surface area contributed by atoms with Crippen molar-refractivity contribution in [2.75, 3.05) is 0 Å². The summed E-state index contributed by atoms with van der Waals surface area (Å²) in [6, 6.07) is 8.56. The van der Waals surface area contributed by atoms with Crippen LogP contribution in [0.3, 0.4) is 0 Å². The van der Waals surface area contributed by atoms with Crippen molar-refractivity contribution in [1.82, 2.24) is 4.90 Å². The lowest BCUT2D eigenvalue weighted by Crippen LogP contribution is -2.31. The zero-order valence-electron chi connectivity index (χ0n) is 11.6. The molecule has 0 amide bonds. The lowest BCUT2D eigenvalue weighted by Gasteiger charge is -2.21. The van der Waals surface area contributed by atoms with Gasteiger partial charge in [-0.05, 0) is 36.5 Å². The molecule has 1 aliphatic carbocycles. The zero-order chi connectivity index (χ0) is 14.8. The summed E-state index contributed by atoms with van der Waals surface area (Å²) in [7, 11) is -1.64. The fraction of sp³-hybridized carbons (Fsp3) is 0.333. The SMILES string of the molecule is OB(O)c1ccc(CN(Cc2ccco2)C2CC2)c(F)c1. The molecule has 0 bridgehead atoms. The van der Waals surface area contributed by atoms with E-state index >= 15 is 0 Å². The Morgan fingerprint density at radius 3 is 2.62 bits per heavy atom. The number of hydrogen-bond acceptors (Lipinski definition) is 4. The predicted molar refractivity (Wildman–Crippen MR) is 77.2 cm³/mol. The summed E-state index contributed by atoms with van der Waals surface area (Å²) in [5, 5.41) is 18.1. The lowest BCUT2D eigenvalue weighted by molar-refractivity contribution is 0.222. The summed E-state index contributed by atoms with van der Waals surface area (Å²) in [5.41, 5.74) is 0.720. The monoisotopic (exact) mass is 289 g/mol. The minimum Gasteiger partial charge on any atom is -0.468 e. The molecule has 2 N–H and O–H groups in total. The van der Waals surface area contributed by atoms with Crippen molar-refractivity contribution in [3.05, 3.63) is 53.7 Å². The quantitative estimate of drug-likeness (QED) is 0.786. The minimum absolute atomic E-state index is 0.167. The summed E-state index contributed by atoms with van der Waals surface area (Å²) in [6.45, 7) is 1.14. The molecule has 1 fully saturated rings. The maximum Gasteiger partial charge on any atom is 0.488 e. The van der Waals surface area contributed by atoms with Gasteiger partial charge in [0.2, 0.25) is 0 Å². The van der Waals surface area contributed by atoms with Gasteiger partial charge in [0.1, 0.15) is 11.6 Å². The van der Waals surface area contributed by atoms with Gasteiger partial charge in [-0.1, -0.05) is 12.1 Å². The molecule has 110 valence electrons. The second-order valence-corrected chi connectivity index (χ2v) is 5.44. The third-order valence-electron chi connectivity index (χ3n) is 3.75. The summed E-state index contributed by atoms with van der Waals surface area (Å²) in [5.74, 6) is 0.454. The van der Waals surface area contributed by atoms with Crippen LogP contribution in [0.15, 0.2) is 41.0 Å². The normalized spacial score (nSPS) is 14.7. The molecule has 6 heteroatoms. The molecule has 21 heavy (non-hydrogen) atoms. The molecule has 1 aromatic heterocycles. The maximum absolute atomic E-state index is 14.1. The first kappa shape index (κ1) is 14.3. The summed E-state index contributed by atoms with van der Waals surface area (Å²) in [4.78, 5) is 2.19. The standard InChI is InChI=1S/C15H17BFNO3/c17-15-8-12(16(19)20)4-3-11(15)9-18(13-5-6-13)10-14-2-1-7-21-14/h1-4,7-8,13,19-20H,5-6,9-10H2. The van der Waals surface area contributed by atoms with Crippen LogP contribution < -0.4 is 5.46 Å². The Morgan fingerprint density at radius 1 is 1.24 bits per heavy atom. The van der Waals surface area contributed by atoms with E-state index in [1.54, 1.807) is 18.4 Å². The van der Waals surface area contributed by atoms with Gasteiger partial charge in [0.15, 0.2) is 0 Å². The number of nitrogens with zero attached hydrogens (tertiary/aromatic N) is 1. The number of benzene rings is 1. The molecular weight excluding hydrogens is 272 g/mol. The fourth-order valence-electron chi connectivity index (χ4n) is 2.43. The van der Waals surface area contributed by atoms with Gasteiger partial charge in [-0.3, -0.25) is 4.90 Å². The van der Waals surface area contributed by atoms with Gasteiger partial charge in [0, 0.05) is 18.2 Å². The number of furan rings is 1. The number of hydrogen-bond donors (Lipinski definition) is 2. The van der Waals surface area contributed by atoms with Crippen LogP contribution >= 0.6 is 0 Å². The van der Waals surface area contributed by atoms with Gasteiger partial charge in [0.25, 0.3) is 0 Å². The number of rotatable bonds is 6. The summed E-state index contributed by atoms with van der Waals surface area (Å²) >= 11 is 0.